The number of carbonyl (C=O) groups excluding carboxylic acids is 1. The molecule has 122 valence electrons. The largest absolute Gasteiger partial charge is 0.481 e. The van der Waals surface area contributed by atoms with Crippen LogP contribution in [-0.4, -0.2) is 18.6 Å². The summed E-state index contributed by atoms with van der Waals surface area (Å²) in [6, 6.07) is 16.2. The van der Waals surface area contributed by atoms with Gasteiger partial charge in [0.05, 0.1) is 0 Å². The number of amides is 1. The second kappa shape index (κ2) is 7.82. The van der Waals surface area contributed by atoms with Gasteiger partial charge in [0.2, 0.25) is 0 Å². The average Bonchev–Trinajstić information content (AvgIpc) is 2.56. The van der Waals surface area contributed by atoms with Crippen molar-refractivity contribution in [1.82, 2.24) is 5.32 Å². The molecular formula is C20H25NO2. The minimum absolute atomic E-state index is 0.0892. The summed E-state index contributed by atoms with van der Waals surface area (Å²) in [6.45, 7) is 8.48. The quantitative estimate of drug-likeness (QED) is 0.876. The fraction of sp³-hybridized carbons (Fsp3) is 0.350. The first-order valence-electron chi connectivity index (χ1n) is 8.04. The van der Waals surface area contributed by atoms with Crippen LogP contribution in [0.2, 0.25) is 0 Å². The van der Waals surface area contributed by atoms with Crippen LogP contribution in [0.4, 0.5) is 0 Å². The molecule has 0 fully saturated rings. The van der Waals surface area contributed by atoms with Crippen molar-refractivity contribution < 1.29 is 9.53 Å². The van der Waals surface area contributed by atoms with Crippen LogP contribution >= 0.6 is 0 Å². The zero-order valence-corrected chi connectivity index (χ0v) is 14.3. The number of benzene rings is 2. The molecule has 0 saturated heterocycles. The number of nitrogens with one attached hydrogen (secondary N) is 1. The van der Waals surface area contributed by atoms with E-state index in [1.54, 1.807) is 6.92 Å². The summed E-state index contributed by atoms with van der Waals surface area (Å²) in [4.78, 5) is 12.2. The highest BCUT2D eigenvalue weighted by Gasteiger charge is 2.16. The van der Waals surface area contributed by atoms with E-state index in [0.29, 0.717) is 6.54 Å². The van der Waals surface area contributed by atoms with Crippen molar-refractivity contribution in [3.63, 3.8) is 0 Å². The van der Waals surface area contributed by atoms with E-state index in [4.69, 9.17) is 4.74 Å². The molecule has 0 saturated carbocycles. The predicted octanol–water partition coefficient (Wildman–Crippen LogP) is 3.99. The van der Waals surface area contributed by atoms with Gasteiger partial charge in [-0.1, -0.05) is 49.4 Å². The van der Waals surface area contributed by atoms with Gasteiger partial charge in [0.15, 0.2) is 6.10 Å². The molecule has 0 bridgehead atoms. The summed E-state index contributed by atoms with van der Waals surface area (Å²) in [7, 11) is 0. The first-order chi connectivity index (χ1) is 11.0. The Bertz CT molecular complexity index is 652. The predicted molar refractivity (Wildman–Crippen MR) is 93.9 cm³/mol. The highest BCUT2D eigenvalue weighted by Crippen LogP contribution is 2.20. The van der Waals surface area contributed by atoms with Gasteiger partial charge in [-0.25, -0.2) is 0 Å². The molecule has 0 aliphatic heterocycles. The second-order valence-electron chi connectivity index (χ2n) is 6.09. The molecule has 0 aliphatic rings. The van der Waals surface area contributed by atoms with E-state index in [1.165, 1.54) is 5.56 Å². The van der Waals surface area contributed by atoms with Crippen LogP contribution in [0.5, 0.6) is 5.75 Å². The van der Waals surface area contributed by atoms with E-state index in [2.05, 4.69) is 24.4 Å². The van der Waals surface area contributed by atoms with Crippen LogP contribution in [0.3, 0.4) is 0 Å². The number of rotatable bonds is 6. The summed E-state index contributed by atoms with van der Waals surface area (Å²) >= 11 is 0. The highest BCUT2D eigenvalue weighted by molar-refractivity contribution is 5.80. The molecule has 3 nitrogen and oxygen atoms in total. The monoisotopic (exact) mass is 311 g/mol. The third kappa shape index (κ3) is 4.85. The topological polar surface area (TPSA) is 38.3 Å². The molecule has 0 radical (unpaired) electrons. The Balaban J connectivity index is 1.89. The minimum atomic E-state index is -0.515. The van der Waals surface area contributed by atoms with Gasteiger partial charge < -0.3 is 10.1 Å². The lowest BCUT2D eigenvalue weighted by molar-refractivity contribution is -0.127. The molecule has 0 heterocycles. The molecule has 0 spiro atoms. The Labute approximate surface area is 138 Å². The van der Waals surface area contributed by atoms with Gasteiger partial charge in [-0.15, -0.1) is 0 Å². The molecule has 2 aromatic carbocycles. The third-order valence-electron chi connectivity index (χ3n) is 3.97. The van der Waals surface area contributed by atoms with Crippen molar-refractivity contribution in [2.45, 2.75) is 39.7 Å². The summed E-state index contributed by atoms with van der Waals surface area (Å²) < 4.78 is 5.81. The first-order valence-corrected chi connectivity index (χ1v) is 8.04. The molecule has 2 atom stereocenters. The molecule has 3 heteroatoms. The smallest absolute Gasteiger partial charge is 0.260 e. The fourth-order valence-corrected chi connectivity index (χ4v) is 2.38. The average molecular weight is 311 g/mol. The lowest BCUT2D eigenvalue weighted by atomic mass is 10.0. The SMILES string of the molecule is Cc1ccc(C)c(O[C@H](C)C(=O)NC[C@H](C)c2ccccc2)c1. The minimum Gasteiger partial charge on any atom is -0.481 e. The molecule has 1 amide bonds. The van der Waals surface area contributed by atoms with Crippen molar-refractivity contribution in [3.05, 3.63) is 65.2 Å². The Morgan fingerprint density at radius 2 is 1.78 bits per heavy atom. The zero-order valence-electron chi connectivity index (χ0n) is 14.3. The molecule has 1 N–H and O–H groups in total. The van der Waals surface area contributed by atoms with Crippen LogP contribution in [0.1, 0.15) is 36.5 Å². The Kier molecular flexibility index (Phi) is 5.80. The molecule has 23 heavy (non-hydrogen) atoms. The van der Waals surface area contributed by atoms with Crippen LogP contribution in [0.15, 0.2) is 48.5 Å². The fourth-order valence-electron chi connectivity index (χ4n) is 2.38. The normalized spacial score (nSPS) is 13.2. The maximum Gasteiger partial charge on any atom is 0.260 e. The Morgan fingerprint density at radius 1 is 1.09 bits per heavy atom. The lowest BCUT2D eigenvalue weighted by Crippen LogP contribution is -2.38. The van der Waals surface area contributed by atoms with Gasteiger partial charge in [-0.2, -0.15) is 0 Å². The number of carbonyl (C=O) groups is 1. The molecule has 2 aromatic rings. The zero-order chi connectivity index (χ0) is 16.8. The molecule has 2 rings (SSSR count). The van der Waals surface area contributed by atoms with Gasteiger partial charge >= 0.3 is 0 Å². The third-order valence-corrected chi connectivity index (χ3v) is 3.97. The van der Waals surface area contributed by atoms with Gasteiger partial charge in [-0.05, 0) is 49.4 Å². The lowest BCUT2D eigenvalue weighted by Gasteiger charge is -2.18. The summed E-state index contributed by atoms with van der Waals surface area (Å²) in [5.41, 5.74) is 3.37. The van der Waals surface area contributed by atoms with Crippen LogP contribution in [0.25, 0.3) is 0 Å². The van der Waals surface area contributed by atoms with Crippen LogP contribution in [0, 0.1) is 13.8 Å². The van der Waals surface area contributed by atoms with Gasteiger partial charge in [0.25, 0.3) is 5.91 Å². The van der Waals surface area contributed by atoms with E-state index < -0.39 is 6.10 Å². The number of hydrogen-bond donors (Lipinski definition) is 1. The van der Waals surface area contributed by atoms with Crippen molar-refractivity contribution >= 4 is 5.91 Å². The Morgan fingerprint density at radius 3 is 2.48 bits per heavy atom. The van der Waals surface area contributed by atoms with Crippen LogP contribution < -0.4 is 10.1 Å². The summed E-state index contributed by atoms with van der Waals surface area (Å²) in [6.07, 6.45) is -0.515. The van der Waals surface area contributed by atoms with Gasteiger partial charge in [0.1, 0.15) is 5.75 Å². The van der Waals surface area contributed by atoms with Gasteiger partial charge in [-0.3, -0.25) is 4.79 Å². The van der Waals surface area contributed by atoms with E-state index in [0.717, 1.165) is 16.9 Å². The molecular weight excluding hydrogens is 286 g/mol. The van der Waals surface area contributed by atoms with E-state index in [-0.39, 0.29) is 11.8 Å². The number of aryl methyl sites for hydroxylation is 2. The second-order valence-corrected chi connectivity index (χ2v) is 6.09. The maximum absolute atomic E-state index is 12.2. The van der Waals surface area contributed by atoms with Crippen molar-refractivity contribution in [2.75, 3.05) is 6.54 Å². The van der Waals surface area contributed by atoms with E-state index in [9.17, 15) is 4.79 Å². The summed E-state index contributed by atoms with van der Waals surface area (Å²) in [5, 5.41) is 2.97. The van der Waals surface area contributed by atoms with Crippen molar-refractivity contribution in [1.29, 1.82) is 0 Å². The Hall–Kier alpha value is -2.29. The maximum atomic E-state index is 12.2. The standard InChI is InChI=1S/C20H25NO2/c1-14-10-11-15(2)19(12-14)23-17(4)20(22)21-13-16(3)18-8-6-5-7-9-18/h5-12,16-17H,13H2,1-4H3,(H,21,22)/t16-,17+/m0/s1. The van der Waals surface area contributed by atoms with Crippen LogP contribution in [-0.2, 0) is 4.79 Å². The first kappa shape index (κ1) is 17.1. The van der Waals surface area contributed by atoms with Gasteiger partial charge in [0, 0.05) is 6.54 Å². The molecule has 0 aliphatic carbocycles. The molecule has 0 aromatic heterocycles. The van der Waals surface area contributed by atoms with E-state index in [1.807, 2.05) is 50.2 Å². The number of ether oxygens (including phenoxy) is 1. The summed E-state index contributed by atoms with van der Waals surface area (Å²) in [5.74, 6) is 0.950. The number of hydrogen-bond acceptors (Lipinski definition) is 2. The van der Waals surface area contributed by atoms with Crippen molar-refractivity contribution in [3.8, 4) is 5.75 Å². The van der Waals surface area contributed by atoms with E-state index >= 15 is 0 Å². The molecule has 0 unspecified atom stereocenters. The highest BCUT2D eigenvalue weighted by atomic mass is 16.5. The van der Waals surface area contributed by atoms with Crippen molar-refractivity contribution in [2.24, 2.45) is 0 Å².